The lowest BCUT2D eigenvalue weighted by Gasteiger charge is -2.25. The monoisotopic (exact) mass is 1550 g/mol. The van der Waals surface area contributed by atoms with Gasteiger partial charge < -0.3 is 82.1 Å². The molecule has 15 rings (SSSR count). The summed E-state index contributed by atoms with van der Waals surface area (Å²) in [5, 5.41) is 21.3. The number of hydrogen-bond donors (Lipinski definition) is 14. The fraction of sp³-hybridized carbons (Fsp3) is 0.500. The molecule has 0 aromatic carbocycles. The van der Waals surface area contributed by atoms with Crippen LogP contribution in [-0.2, 0) is 78.1 Å². The molecule has 0 radical (unpaired) electrons. The molecule has 0 spiro atoms. The maximum absolute atomic E-state index is 14.4. The highest BCUT2D eigenvalue weighted by Crippen LogP contribution is 2.55. The van der Waals surface area contributed by atoms with E-state index in [0.717, 1.165) is 19.0 Å². The minimum atomic E-state index is -5.53. The van der Waals surface area contributed by atoms with Gasteiger partial charge >= 0.3 is 31.3 Å². The van der Waals surface area contributed by atoms with E-state index >= 15 is 0 Å². The molecule has 562 valence electrons. The van der Waals surface area contributed by atoms with Crippen LogP contribution in [0.25, 0.3) is 55.8 Å². The molecule has 5 fully saturated rings. The second-order valence-electron chi connectivity index (χ2n) is 24.2. The molecule has 5 aliphatic heterocycles. The van der Waals surface area contributed by atoms with Crippen LogP contribution in [-0.4, -0.2) is 221 Å². The van der Waals surface area contributed by atoms with E-state index in [1.54, 1.807) is 0 Å². The summed E-state index contributed by atoms with van der Waals surface area (Å²) >= 11 is 0. The third-order valence-electron chi connectivity index (χ3n) is 17.5. The maximum Gasteiger partial charge on any atom is 0.472 e. The molecule has 0 aliphatic carbocycles. The lowest BCUT2D eigenvalue weighted by molar-refractivity contribution is -0.0632. The van der Waals surface area contributed by atoms with Crippen molar-refractivity contribution in [2.75, 3.05) is 61.7 Å². The van der Waals surface area contributed by atoms with Gasteiger partial charge in [0.1, 0.15) is 110 Å². The zero-order valence-electron chi connectivity index (χ0n) is 53.4. The van der Waals surface area contributed by atoms with E-state index in [9.17, 15) is 62.4 Å². The fourth-order valence-electron chi connectivity index (χ4n) is 12.7. The molecule has 5 aliphatic rings. The summed E-state index contributed by atoms with van der Waals surface area (Å²) in [4.78, 5) is 140. The Morgan fingerprint density at radius 2 is 0.676 bits per heavy atom. The van der Waals surface area contributed by atoms with Crippen molar-refractivity contribution in [3.05, 3.63) is 75.4 Å². The van der Waals surface area contributed by atoms with Crippen LogP contribution in [0.3, 0.4) is 0 Å². The van der Waals surface area contributed by atoms with Crippen molar-refractivity contribution in [3.63, 3.8) is 0 Å². The van der Waals surface area contributed by atoms with Crippen molar-refractivity contribution in [3.8, 4) is 0 Å². The van der Waals surface area contributed by atoms with Crippen LogP contribution in [0.15, 0.2) is 58.7 Å². The summed E-state index contributed by atoms with van der Waals surface area (Å²) in [6.45, 7) is -4.45. The SMILES string of the molecule is Nc1nc2c(ncn2[C@H]2C[C@H](OP(=O)(O)OC[C@H]3O[C@@H](n4cnc5c(=O)[nH]c(N)nc54)C[C@@H]3OP(=O)(O)OC[C@H]3O[C@@H](n4cnc5c(=O)[nH]c(N)nc54)C[C@@H]3OP(=O)(O)OC[C@H]3O[C@@H](n4cnc5c(N)ncnc54)C[C@@H]3O)[C@@H](COP(=O)(O)O[C@H]3C[C@H](n4cnc5c(N)ncnc54)O[C@@H]3CO)O2)c(=O)[nH]1. The molecule has 10 aromatic heterocycles. The van der Waals surface area contributed by atoms with Crippen LogP contribution in [0.4, 0.5) is 29.5 Å². The minimum absolute atomic E-state index is 0.0539. The van der Waals surface area contributed by atoms with Gasteiger partial charge in [-0.2, -0.15) is 15.0 Å². The molecule has 19 N–H and O–H groups in total. The average Bonchev–Trinajstić information content (AvgIpc) is 1.65. The Morgan fingerprint density at radius 1 is 0.400 bits per heavy atom. The number of H-pyrrole nitrogens is 3. The molecule has 19 atom stereocenters. The van der Waals surface area contributed by atoms with Crippen molar-refractivity contribution in [1.29, 1.82) is 0 Å². The summed E-state index contributed by atoms with van der Waals surface area (Å²) in [5.41, 5.74) is 27.2. The molecule has 0 saturated carbocycles. The number of aromatic amines is 3. The number of aliphatic hydroxyl groups excluding tert-OH is 2. The van der Waals surface area contributed by atoms with Gasteiger partial charge in [-0.1, -0.05) is 0 Å². The second kappa shape index (κ2) is 27.9. The Hall–Kier alpha value is -8.69. The number of fused-ring (bicyclic) bond motifs is 5. The highest BCUT2D eigenvalue weighted by Gasteiger charge is 2.50. The first kappa shape index (κ1) is 71.9. The molecular formula is C50H61N25O26P4. The van der Waals surface area contributed by atoms with Crippen molar-refractivity contribution >= 4 is 117 Å². The summed E-state index contributed by atoms with van der Waals surface area (Å²) in [7, 11) is -21.6. The van der Waals surface area contributed by atoms with E-state index in [-0.39, 0.29) is 98.1 Å². The Kier molecular flexibility index (Phi) is 19.1. The smallest absolute Gasteiger partial charge is 0.394 e. The quantitative estimate of drug-likeness (QED) is 0.0255. The summed E-state index contributed by atoms with van der Waals surface area (Å²) in [5.74, 6) is -0.878. The lowest BCUT2D eigenvalue weighted by atomic mass is 10.2. The minimum Gasteiger partial charge on any atom is -0.394 e. The van der Waals surface area contributed by atoms with Crippen LogP contribution >= 0.6 is 31.3 Å². The predicted octanol–water partition coefficient (Wildman–Crippen LogP) is -2.22. The molecule has 0 bridgehead atoms. The Labute approximate surface area is 581 Å². The van der Waals surface area contributed by atoms with Gasteiger partial charge in [-0.25, -0.2) is 63.1 Å². The first-order valence-electron chi connectivity index (χ1n) is 31.2. The number of phosphoric acid groups is 4. The molecule has 0 amide bonds. The lowest BCUT2D eigenvalue weighted by Crippen LogP contribution is -2.32. The van der Waals surface area contributed by atoms with Gasteiger partial charge in [-0.05, 0) is 0 Å². The van der Waals surface area contributed by atoms with E-state index in [4.69, 9.17) is 88.5 Å². The van der Waals surface area contributed by atoms with Crippen LogP contribution in [0, 0.1) is 0 Å². The number of nitrogen functional groups attached to an aromatic ring is 5. The number of anilines is 5. The van der Waals surface area contributed by atoms with Crippen molar-refractivity contribution in [2.45, 2.75) is 124 Å². The Balaban J connectivity index is 0.649. The standard InChI is InChI=1S/C50H61N25O26P4/c51-38-33-40(58-11-56-38)71(13-60-33)28-1-18(77)24(94-28)7-89-102(81,82)99-20-3-30(73-15-62-35-42(73)65-48(53)68-45(35)78)96-26(20)9-91-104(85,86)101-22-5-32(75-17-64-37-44(75)67-50(55)70-47(37)80)97-27(22)10-92-105(87,88)100-21-4-31(74-16-63-36-43(74)66-49(54)69-46(36)79)95-25(21)8-90-103(83,84)98-19-2-29(93-23(19)6-76)72-14-61-34-39(52)57-12-59-41(34)72/h11-32,76-77H,1-10H2,(H,81,82)(H,83,84)(H,85,86)(H,87,88)(H2,51,56,58)(H2,52,57,59)(H3,53,65,68,78)(H3,54,66,69,79)(H3,55,67,70,80)/t18-,19-,20-,21-,22-,23+,24+,25+,26+,27+,28+,29+,30+,31+,32+/m0/s1. The van der Waals surface area contributed by atoms with Gasteiger partial charge in [-0.15, -0.1) is 0 Å². The number of aliphatic hydroxyl groups is 2. The third-order valence-corrected chi connectivity index (χ3v) is 21.5. The number of nitrogens with one attached hydrogen (secondary N) is 3. The van der Waals surface area contributed by atoms with Gasteiger partial charge in [0.25, 0.3) is 16.7 Å². The van der Waals surface area contributed by atoms with Gasteiger partial charge in [0.05, 0.1) is 70.8 Å². The predicted molar refractivity (Wildman–Crippen MR) is 345 cm³/mol. The van der Waals surface area contributed by atoms with E-state index in [0.29, 0.717) is 0 Å². The van der Waals surface area contributed by atoms with Crippen LogP contribution in [0.1, 0.15) is 63.2 Å². The van der Waals surface area contributed by atoms with Crippen LogP contribution < -0.4 is 45.3 Å². The normalized spacial score (nSPS) is 28.9. The largest absolute Gasteiger partial charge is 0.472 e. The van der Waals surface area contributed by atoms with Gasteiger partial charge in [0.15, 0.2) is 56.4 Å². The molecule has 15 heterocycles. The fourth-order valence-corrected chi connectivity index (χ4v) is 16.5. The van der Waals surface area contributed by atoms with Crippen LogP contribution in [0.2, 0.25) is 0 Å². The van der Waals surface area contributed by atoms with Crippen molar-refractivity contribution < 1.29 is 108 Å². The van der Waals surface area contributed by atoms with Crippen molar-refractivity contribution in [2.24, 2.45) is 0 Å². The Morgan fingerprint density at radius 3 is 1.01 bits per heavy atom. The van der Waals surface area contributed by atoms with E-state index < -0.39 is 192 Å². The number of hydrogen-bond acceptors (Lipinski definition) is 39. The molecule has 10 aromatic rings. The third kappa shape index (κ3) is 14.6. The van der Waals surface area contributed by atoms with Gasteiger partial charge in [0, 0.05) is 32.1 Å². The van der Waals surface area contributed by atoms with Gasteiger partial charge in [-0.3, -0.25) is 88.4 Å². The zero-order chi connectivity index (χ0) is 73.8. The number of phosphoric ester groups is 4. The average molecular weight is 1550 g/mol. The van der Waals surface area contributed by atoms with Crippen molar-refractivity contribution in [1.82, 2.24) is 97.6 Å². The highest BCUT2D eigenvalue weighted by atomic mass is 31.2. The molecular weight excluding hydrogens is 1490 g/mol. The zero-order valence-corrected chi connectivity index (χ0v) is 57.0. The number of nitrogens with zero attached hydrogens (tertiary/aromatic N) is 17. The summed E-state index contributed by atoms with van der Waals surface area (Å²) < 4.78 is 138. The Bertz CT molecular complexity index is 5370. The highest BCUT2D eigenvalue weighted by molar-refractivity contribution is 7.48. The number of aromatic nitrogens is 20. The second-order valence-corrected chi connectivity index (χ2v) is 29.8. The number of imidazole rings is 5. The molecule has 51 nitrogen and oxygen atoms in total. The first-order chi connectivity index (χ1) is 50.0. The number of ether oxygens (including phenoxy) is 5. The van der Waals surface area contributed by atoms with E-state index in [1.165, 1.54) is 48.1 Å². The molecule has 105 heavy (non-hydrogen) atoms. The summed E-state index contributed by atoms with van der Waals surface area (Å²) in [6.07, 6.45) is -13.9. The number of nitrogens with two attached hydrogens (primary N) is 5. The molecule has 5 saturated heterocycles. The molecule has 55 heteroatoms. The van der Waals surface area contributed by atoms with Crippen LogP contribution in [0.5, 0.6) is 0 Å². The molecule has 4 unspecified atom stereocenters. The van der Waals surface area contributed by atoms with E-state index in [1.807, 2.05) is 0 Å². The topological polar surface area (TPSA) is 718 Å². The number of rotatable bonds is 26. The maximum atomic E-state index is 14.4. The first-order valence-corrected chi connectivity index (χ1v) is 37.2. The summed E-state index contributed by atoms with van der Waals surface area (Å²) in [6, 6.07) is 0. The van der Waals surface area contributed by atoms with Gasteiger partial charge in [0.2, 0.25) is 17.8 Å². The van der Waals surface area contributed by atoms with E-state index in [2.05, 4.69) is 74.8 Å².